The third kappa shape index (κ3) is 5.09. The van der Waals surface area contributed by atoms with E-state index in [-0.39, 0.29) is 5.91 Å². The number of nitrogens with two attached hydrogens (primary N) is 1. The predicted octanol–water partition coefficient (Wildman–Crippen LogP) is 3.95. The van der Waals surface area contributed by atoms with Crippen LogP contribution >= 0.6 is 0 Å². The van der Waals surface area contributed by atoms with Crippen molar-refractivity contribution in [2.24, 2.45) is 5.73 Å². The molecule has 128 valence electrons. The lowest BCUT2D eigenvalue weighted by Crippen LogP contribution is -2.09. The normalized spacial score (nSPS) is 14.0. The first-order valence-electron chi connectivity index (χ1n) is 7.49. The van der Waals surface area contributed by atoms with Crippen LogP contribution in [0.3, 0.4) is 0 Å². The Labute approximate surface area is 138 Å². The van der Waals surface area contributed by atoms with Crippen molar-refractivity contribution in [2.75, 3.05) is 6.61 Å². The molecule has 1 amide bonds. The van der Waals surface area contributed by atoms with Crippen LogP contribution in [-0.4, -0.2) is 12.5 Å². The van der Waals surface area contributed by atoms with E-state index in [0.717, 1.165) is 24.5 Å². The lowest BCUT2D eigenvalue weighted by molar-refractivity contribution is -0.137. The van der Waals surface area contributed by atoms with E-state index in [4.69, 9.17) is 10.5 Å². The van der Waals surface area contributed by atoms with Gasteiger partial charge in [0.25, 0.3) is 0 Å². The van der Waals surface area contributed by atoms with Gasteiger partial charge in [-0.1, -0.05) is 24.3 Å². The Morgan fingerprint density at radius 1 is 1.04 bits per heavy atom. The molecule has 0 radical (unpaired) electrons. The van der Waals surface area contributed by atoms with Crippen molar-refractivity contribution in [3.05, 3.63) is 70.8 Å². The number of aryl methyl sites for hydroxylation is 1. The molecule has 24 heavy (non-hydrogen) atoms. The Morgan fingerprint density at radius 3 is 2.33 bits per heavy atom. The third-order valence-corrected chi connectivity index (χ3v) is 3.58. The Hall–Kier alpha value is -2.34. The number of halogens is 3. The summed E-state index contributed by atoms with van der Waals surface area (Å²) in [5.74, 6) is -0.379. The molecule has 6 heteroatoms. The van der Waals surface area contributed by atoms with Gasteiger partial charge >= 0.3 is 6.18 Å². The average Bonchev–Trinajstić information content (AvgIpc) is 2.80. The number of rotatable bonds is 1. The number of hydrogen-bond donors (Lipinski definition) is 1. The number of carbonyl (C=O) groups excluding carboxylic acids is 1. The summed E-state index contributed by atoms with van der Waals surface area (Å²) in [5, 5.41) is 0. The second-order valence-corrected chi connectivity index (χ2v) is 5.37. The molecule has 3 nitrogen and oxygen atoms in total. The molecule has 0 aromatic heterocycles. The molecule has 0 fully saturated rings. The van der Waals surface area contributed by atoms with Crippen LogP contribution in [0.1, 0.15) is 33.5 Å². The third-order valence-electron chi connectivity index (χ3n) is 3.58. The van der Waals surface area contributed by atoms with Gasteiger partial charge in [-0.05, 0) is 48.2 Å². The van der Waals surface area contributed by atoms with E-state index in [1.807, 2.05) is 6.07 Å². The molecule has 0 saturated heterocycles. The maximum atomic E-state index is 12.4. The molecular formula is C18H18F3NO2. The van der Waals surface area contributed by atoms with Gasteiger partial charge in [-0.3, -0.25) is 4.79 Å². The molecule has 0 atom stereocenters. The highest BCUT2D eigenvalue weighted by molar-refractivity contribution is 5.92. The lowest BCUT2D eigenvalue weighted by Gasteiger charge is -2.10. The summed E-state index contributed by atoms with van der Waals surface area (Å²) in [6, 6.07) is 12.7. The first kappa shape index (κ1) is 18.0. The maximum Gasteiger partial charge on any atom is 0.416 e. The van der Waals surface area contributed by atoms with E-state index >= 15 is 0 Å². The molecule has 0 saturated carbocycles. The van der Waals surface area contributed by atoms with Gasteiger partial charge in [0.2, 0.25) is 5.91 Å². The van der Waals surface area contributed by atoms with Gasteiger partial charge in [-0.25, -0.2) is 0 Å². The van der Waals surface area contributed by atoms with Crippen molar-refractivity contribution >= 4 is 5.91 Å². The fraction of sp³-hybridized carbons (Fsp3) is 0.278. The van der Waals surface area contributed by atoms with E-state index in [1.165, 1.54) is 6.07 Å². The minimum Gasteiger partial charge on any atom is -0.377 e. The molecule has 3 rings (SSSR count). The number of benzene rings is 2. The van der Waals surface area contributed by atoms with Crippen LogP contribution in [0.5, 0.6) is 0 Å². The maximum absolute atomic E-state index is 12.4. The summed E-state index contributed by atoms with van der Waals surface area (Å²) in [6.45, 7) is 0.912. The van der Waals surface area contributed by atoms with Crippen molar-refractivity contribution in [3.8, 4) is 0 Å². The summed E-state index contributed by atoms with van der Waals surface area (Å²) in [6.07, 6.45) is -2.59. The van der Waals surface area contributed by atoms with E-state index in [2.05, 4.69) is 0 Å². The van der Waals surface area contributed by atoms with Crippen LogP contribution in [0.15, 0.2) is 48.5 Å². The minimum atomic E-state index is -4.26. The zero-order valence-electron chi connectivity index (χ0n) is 13.0. The molecule has 0 unspecified atom stereocenters. The number of ether oxygens (including phenoxy) is 1. The zero-order valence-corrected chi connectivity index (χ0v) is 13.0. The van der Waals surface area contributed by atoms with Crippen LogP contribution in [-0.2, 0) is 23.9 Å². The van der Waals surface area contributed by atoms with Crippen LogP contribution in [0.25, 0.3) is 0 Å². The molecule has 1 heterocycles. The first-order chi connectivity index (χ1) is 11.4. The van der Waals surface area contributed by atoms with E-state index in [9.17, 15) is 18.0 Å². The molecule has 1 aliphatic rings. The van der Waals surface area contributed by atoms with Gasteiger partial charge in [0.15, 0.2) is 0 Å². The van der Waals surface area contributed by atoms with Gasteiger partial charge in [0.1, 0.15) is 0 Å². The summed E-state index contributed by atoms with van der Waals surface area (Å²) < 4.78 is 42.5. The minimum absolute atomic E-state index is 0.291. The number of carbonyl (C=O) groups is 1. The zero-order chi connectivity index (χ0) is 17.6. The van der Waals surface area contributed by atoms with E-state index in [1.54, 1.807) is 30.3 Å². The Kier molecular flexibility index (Phi) is 5.98. The topological polar surface area (TPSA) is 52.3 Å². The highest BCUT2D eigenvalue weighted by Crippen LogP contribution is 2.31. The molecule has 2 aromatic rings. The quantitative estimate of drug-likeness (QED) is 0.856. The van der Waals surface area contributed by atoms with E-state index < -0.39 is 11.7 Å². The Balaban J connectivity index is 0.000000198. The molecule has 2 aromatic carbocycles. The summed E-state index contributed by atoms with van der Waals surface area (Å²) >= 11 is 0. The molecule has 0 spiro atoms. The van der Waals surface area contributed by atoms with E-state index in [0.29, 0.717) is 24.3 Å². The smallest absolute Gasteiger partial charge is 0.377 e. The van der Waals surface area contributed by atoms with Gasteiger partial charge in [0.05, 0.1) is 12.2 Å². The predicted molar refractivity (Wildman–Crippen MR) is 84.4 cm³/mol. The SMILES string of the molecule is FC(F)(F)c1ccc2c(c1)COCCC2.NC(=O)c1ccccc1. The highest BCUT2D eigenvalue weighted by Gasteiger charge is 2.31. The number of hydrogen-bond acceptors (Lipinski definition) is 2. The van der Waals surface area contributed by atoms with Crippen molar-refractivity contribution in [1.29, 1.82) is 0 Å². The highest BCUT2D eigenvalue weighted by atomic mass is 19.4. The van der Waals surface area contributed by atoms with Gasteiger partial charge in [-0.2, -0.15) is 13.2 Å². The van der Waals surface area contributed by atoms with Crippen molar-refractivity contribution in [1.82, 2.24) is 0 Å². The van der Waals surface area contributed by atoms with Gasteiger partial charge in [0, 0.05) is 12.2 Å². The number of fused-ring (bicyclic) bond motifs is 1. The Morgan fingerprint density at radius 2 is 1.75 bits per heavy atom. The first-order valence-corrected chi connectivity index (χ1v) is 7.49. The molecular weight excluding hydrogens is 319 g/mol. The van der Waals surface area contributed by atoms with Gasteiger partial charge in [-0.15, -0.1) is 0 Å². The summed E-state index contributed by atoms with van der Waals surface area (Å²) in [7, 11) is 0. The van der Waals surface area contributed by atoms with Crippen LogP contribution in [0.2, 0.25) is 0 Å². The molecule has 0 aliphatic carbocycles. The molecule has 0 bridgehead atoms. The standard InChI is InChI=1S/C11H11F3O.C7H7NO/c12-11(13,14)10-4-3-8-2-1-5-15-7-9(8)6-10;8-7(9)6-4-2-1-3-5-6/h3-4,6H,1-2,5,7H2;1-5H,(H2,8,9). The fourth-order valence-electron chi connectivity index (χ4n) is 2.33. The number of amides is 1. The Bertz CT molecular complexity index is 684. The molecule has 1 aliphatic heterocycles. The number of alkyl halides is 3. The second-order valence-electron chi connectivity index (χ2n) is 5.37. The van der Waals surface area contributed by atoms with Crippen molar-refractivity contribution < 1.29 is 22.7 Å². The summed E-state index contributed by atoms with van der Waals surface area (Å²) in [4.78, 5) is 10.4. The summed E-state index contributed by atoms with van der Waals surface area (Å²) in [5.41, 5.74) is 6.58. The van der Waals surface area contributed by atoms with Crippen LogP contribution in [0.4, 0.5) is 13.2 Å². The van der Waals surface area contributed by atoms with Crippen molar-refractivity contribution in [3.63, 3.8) is 0 Å². The lowest BCUT2D eigenvalue weighted by atomic mass is 10.0. The molecule has 2 N–H and O–H groups in total. The monoisotopic (exact) mass is 337 g/mol. The largest absolute Gasteiger partial charge is 0.416 e. The van der Waals surface area contributed by atoms with Crippen LogP contribution in [0, 0.1) is 0 Å². The second kappa shape index (κ2) is 7.97. The number of primary amides is 1. The average molecular weight is 337 g/mol. The van der Waals surface area contributed by atoms with Crippen LogP contribution < -0.4 is 5.73 Å². The fourth-order valence-corrected chi connectivity index (χ4v) is 2.33. The van der Waals surface area contributed by atoms with Gasteiger partial charge < -0.3 is 10.5 Å². The van der Waals surface area contributed by atoms with Crippen molar-refractivity contribution in [2.45, 2.75) is 25.6 Å².